The average molecular weight is 240 g/mol. The number of piperazine rings is 1. The normalized spacial score (nSPS) is 18.6. The minimum absolute atomic E-state index is 0.346. The highest BCUT2D eigenvalue weighted by Gasteiger charge is 2.24. The Morgan fingerprint density at radius 2 is 2.00 bits per heavy atom. The zero-order chi connectivity index (χ0) is 12.5. The molecule has 17 heavy (non-hydrogen) atoms. The molecular formula is C10H20N6O. The standard InChI is InChI=1S/C10H20N6O/c1-10(2,17)7-15-3-5-16(6-4-15)9-12-8(11)13-14-9/h17H,3-7H2,1-2H3,(H3,11,12,13,14). The first kappa shape index (κ1) is 12.1. The summed E-state index contributed by atoms with van der Waals surface area (Å²) in [4.78, 5) is 8.44. The minimum atomic E-state index is -0.642. The summed E-state index contributed by atoms with van der Waals surface area (Å²) in [7, 11) is 0. The smallest absolute Gasteiger partial charge is 0.246 e. The van der Waals surface area contributed by atoms with Gasteiger partial charge < -0.3 is 15.7 Å². The van der Waals surface area contributed by atoms with Crippen molar-refractivity contribution in [2.75, 3.05) is 43.4 Å². The second kappa shape index (κ2) is 4.50. The first-order valence-electron chi connectivity index (χ1n) is 5.82. The van der Waals surface area contributed by atoms with Crippen molar-refractivity contribution in [1.29, 1.82) is 0 Å². The number of nitrogen functional groups attached to an aromatic ring is 1. The van der Waals surface area contributed by atoms with Crippen LogP contribution in [0.5, 0.6) is 0 Å². The Hall–Kier alpha value is -1.34. The second-order valence-corrected chi connectivity index (χ2v) is 5.10. The number of hydrogen-bond acceptors (Lipinski definition) is 6. The molecule has 0 atom stereocenters. The molecule has 0 radical (unpaired) electrons. The van der Waals surface area contributed by atoms with Crippen molar-refractivity contribution in [3.63, 3.8) is 0 Å². The summed E-state index contributed by atoms with van der Waals surface area (Å²) in [6.45, 7) is 7.86. The maximum absolute atomic E-state index is 9.75. The number of nitrogens with one attached hydrogen (secondary N) is 1. The van der Waals surface area contributed by atoms with Crippen LogP contribution in [0.15, 0.2) is 0 Å². The number of nitrogens with zero attached hydrogens (tertiary/aromatic N) is 4. The second-order valence-electron chi connectivity index (χ2n) is 5.10. The topological polar surface area (TPSA) is 94.3 Å². The summed E-state index contributed by atoms with van der Waals surface area (Å²) in [5.41, 5.74) is 4.85. The monoisotopic (exact) mass is 240 g/mol. The number of H-pyrrole nitrogens is 1. The summed E-state index contributed by atoms with van der Waals surface area (Å²) in [6.07, 6.45) is 0. The van der Waals surface area contributed by atoms with Gasteiger partial charge in [0.15, 0.2) is 0 Å². The lowest BCUT2D eigenvalue weighted by atomic mass is 10.1. The van der Waals surface area contributed by atoms with Crippen molar-refractivity contribution in [3.8, 4) is 0 Å². The third kappa shape index (κ3) is 3.31. The fourth-order valence-corrected chi connectivity index (χ4v) is 2.06. The van der Waals surface area contributed by atoms with Gasteiger partial charge in [0.1, 0.15) is 0 Å². The molecule has 0 aromatic carbocycles. The molecule has 0 bridgehead atoms. The average Bonchev–Trinajstić information content (AvgIpc) is 2.63. The van der Waals surface area contributed by atoms with Crippen molar-refractivity contribution in [3.05, 3.63) is 0 Å². The van der Waals surface area contributed by atoms with Gasteiger partial charge in [-0.05, 0) is 13.8 Å². The van der Waals surface area contributed by atoms with E-state index in [1.165, 1.54) is 0 Å². The highest BCUT2D eigenvalue weighted by atomic mass is 16.3. The molecule has 2 rings (SSSR count). The van der Waals surface area contributed by atoms with Crippen molar-refractivity contribution < 1.29 is 5.11 Å². The van der Waals surface area contributed by atoms with E-state index in [4.69, 9.17) is 5.73 Å². The summed E-state index contributed by atoms with van der Waals surface area (Å²) >= 11 is 0. The summed E-state index contributed by atoms with van der Waals surface area (Å²) < 4.78 is 0. The SMILES string of the molecule is CC(C)(O)CN1CCN(c2n[nH]c(N)n2)CC1. The maximum Gasteiger partial charge on any atom is 0.246 e. The van der Waals surface area contributed by atoms with E-state index in [-0.39, 0.29) is 0 Å². The van der Waals surface area contributed by atoms with Crippen molar-refractivity contribution >= 4 is 11.9 Å². The van der Waals surface area contributed by atoms with Gasteiger partial charge in [-0.1, -0.05) is 0 Å². The van der Waals surface area contributed by atoms with Crippen LogP contribution in [0.25, 0.3) is 0 Å². The quantitative estimate of drug-likeness (QED) is 0.645. The van der Waals surface area contributed by atoms with Crippen LogP contribution in [0.1, 0.15) is 13.8 Å². The number of aliphatic hydroxyl groups is 1. The van der Waals surface area contributed by atoms with E-state index in [0.717, 1.165) is 26.2 Å². The lowest BCUT2D eigenvalue weighted by molar-refractivity contribution is 0.0344. The third-order valence-electron chi connectivity index (χ3n) is 2.76. The summed E-state index contributed by atoms with van der Waals surface area (Å²) in [6, 6.07) is 0. The number of anilines is 2. The largest absolute Gasteiger partial charge is 0.389 e. The Labute approximate surface area is 101 Å². The van der Waals surface area contributed by atoms with Crippen LogP contribution in [0.2, 0.25) is 0 Å². The third-order valence-corrected chi connectivity index (χ3v) is 2.76. The van der Waals surface area contributed by atoms with Gasteiger partial charge in [-0.15, -0.1) is 5.10 Å². The lowest BCUT2D eigenvalue weighted by Crippen LogP contribution is -2.50. The Morgan fingerprint density at radius 1 is 1.35 bits per heavy atom. The highest BCUT2D eigenvalue weighted by Crippen LogP contribution is 2.13. The first-order chi connectivity index (χ1) is 7.94. The van der Waals surface area contributed by atoms with E-state index in [1.807, 2.05) is 13.8 Å². The van der Waals surface area contributed by atoms with Crippen LogP contribution < -0.4 is 10.6 Å². The fraction of sp³-hybridized carbons (Fsp3) is 0.800. The number of aromatic nitrogens is 3. The molecule has 0 aliphatic carbocycles. The van der Waals surface area contributed by atoms with Crippen LogP contribution >= 0.6 is 0 Å². The summed E-state index contributed by atoms with van der Waals surface area (Å²) in [5.74, 6) is 1.00. The van der Waals surface area contributed by atoms with Crippen LogP contribution in [0.3, 0.4) is 0 Å². The lowest BCUT2D eigenvalue weighted by Gasteiger charge is -2.36. The van der Waals surface area contributed by atoms with E-state index in [9.17, 15) is 5.11 Å². The van der Waals surface area contributed by atoms with Gasteiger partial charge >= 0.3 is 0 Å². The first-order valence-corrected chi connectivity index (χ1v) is 5.82. The van der Waals surface area contributed by atoms with Gasteiger partial charge in [-0.3, -0.25) is 4.90 Å². The molecule has 7 heteroatoms. The zero-order valence-electron chi connectivity index (χ0n) is 10.3. The number of β-amino-alcohol motifs (C(OH)–C–C–N with tert-alkyl or cyclic N) is 1. The van der Waals surface area contributed by atoms with Crippen LogP contribution in [-0.4, -0.2) is 63.5 Å². The van der Waals surface area contributed by atoms with Gasteiger partial charge in [0.05, 0.1) is 5.60 Å². The molecule has 4 N–H and O–H groups in total. The Morgan fingerprint density at radius 3 is 2.47 bits per heavy atom. The summed E-state index contributed by atoms with van der Waals surface area (Å²) in [5, 5.41) is 16.4. The van der Waals surface area contributed by atoms with E-state index in [0.29, 0.717) is 18.4 Å². The number of hydrogen-bond donors (Lipinski definition) is 3. The molecule has 0 spiro atoms. The molecule has 0 amide bonds. The van der Waals surface area contributed by atoms with E-state index < -0.39 is 5.60 Å². The van der Waals surface area contributed by atoms with E-state index >= 15 is 0 Å². The molecule has 2 heterocycles. The van der Waals surface area contributed by atoms with Gasteiger partial charge in [0.2, 0.25) is 11.9 Å². The Balaban J connectivity index is 1.86. The predicted octanol–water partition coefficient (Wildman–Crippen LogP) is -0.720. The van der Waals surface area contributed by atoms with Gasteiger partial charge in [-0.2, -0.15) is 4.98 Å². The van der Waals surface area contributed by atoms with Crippen LogP contribution in [-0.2, 0) is 0 Å². The molecule has 96 valence electrons. The van der Waals surface area contributed by atoms with Crippen LogP contribution in [0.4, 0.5) is 11.9 Å². The number of nitrogens with two attached hydrogens (primary N) is 1. The Kier molecular flexibility index (Phi) is 3.21. The molecular weight excluding hydrogens is 220 g/mol. The maximum atomic E-state index is 9.75. The number of rotatable bonds is 3. The van der Waals surface area contributed by atoms with Gasteiger partial charge in [0, 0.05) is 32.7 Å². The molecule has 1 aliphatic heterocycles. The van der Waals surface area contributed by atoms with E-state index in [1.54, 1.807) is 0 Å². The predicted molar refractivity (Wildman–Crippen MR) is 65.7 cm³/mol. The Bertz CT molecular complexity index is 363. The van der Waals surface area contributed by atoms with Crippen molar-refractivity contribution in [2.24, 2.45) is 0 Å². The molecule has 1 aromatic heterocycles. The molecule has 1 aliphatic rings. The van der Waals surface area contributed by atoms with E-state index in [2.05, 4.69) is 25.0 Å². The number of aromatic amines is 1. The minimum Gasteiger partial charge on any atom is -0.389 e. The van der Waals surface area contributed by atoms with Gasteiger partial charge in [-0.25, -0.2) is 5.10 Å². The van der Waals surface area contributed by atoms with Crippen LogP contribution in [0, 0.1) is 0 Å². The molecule has 7 nitrogen and oxygen atoms in total. The van der Waals surface area contributed by atoms with Crippen molar-refractivity contribution in [1.82, 2.24) is 20.1 Å². The molecule has 1 aromatic rings. The molecule has 1 saturated heterocycles. The van der Waals surface area contributed by atoms with Gasteiger partial charge in [0.25, 0.3) is 0 Å². The molecule has 0 unspecified atom stereocenters. The molecule has 0 saturated carbocycles. The van der Waals surface area contributed by atoms with Crippen molar-refractivity contribution in [2.45, 2.75) is 19.4 Å². The fourth-order valence-electron chi connectivity index (χ4n) is 2.06. The highest BCUT2D eigenvalue weighted by molar-refractivity contribution is 5.34. The zero-order valence-corrected chi connectivity index (χ0v) is 10.3. The molecule has 1 fully saturated rings.